The predicted molar refractivity (Wildman–Crippen MR) is 100 cm³/mol. The summed E-state index contributed by atoms with van der Waals surface area (Å²) in [5.74, 6) is 5.66. The van der Waals surface area contributed by atoms with Crippen molar-refractivity contribution in [3.05, 3.63) is 0 Å². The van der Waals surface area contributed by atoms with E-state index in [-0.39, 0.29) is 0 Å². The predicted octanol–water partition coefficient (Wildman–Crippen LogP) is 5.77. The molecule has 6 aliphatic carbocycles. The van der Waals surface area contributed by atoms with Crippen molar-refractivity contribution in [3.63, 3.8) is 0 Å². The minimum absolute atomic E-state index is 0.788. The molecule has 4 unspecified atom stereocenters. The van der Waals surface area contributed by atoms with E-state index in [1.54, 1.807) is 83.5 Å². The molecular weight excluding hydrogens is 339 g/mol. The van der Waals surface area contributed by atoms with Crippen molar-refractivity contribution in [2.75, 3.05) is 0 Å². The monoisotopic (exact) mass is 376 g/mol. The molecule has 0 radical (unpaired) electrons. The van der Waals surface area contributed by atoms with E-state index in [2.05, 4.69) is 16.9 Å². The van der Waals surface area contributed by atoms with E-state index in [0.717, 1.165) is 39.2 Å². The molecule has 0 aromatic rings. The summed E-state index contributed by atoms with van der Waals surface area (Å²) in [6.07, 6.45) is 23.9. The molecule has 0 amide bonds. The molecule has 0 aromatic heterocycles. The first-order chi connectivity index (χ1) is 11.2. The fourth-order valence-corrected chi connectivity index (χ4v) is 11.1. The van der Waals surface area contributed by atoms with Crippen LogP contribution in [0.5, 0.6) is 0 Å². The van der Waals surface area contributed by atoms with Crippen LogP contribution in [0.1, 0.15) is 96.3 Å². The van der Waals surface area contributed by atoms with E-state index in [1.807, 2.05) is 0 Å². The first-order valence-corrected chi connectivity index (χ1v) is 12.2. The van der Waals surface area contributed by atoms with Crippen molar-refractivity contribution in [2.24, 2.45) is 35.0 Å². The van der Waals surface area contributed by atoms with Gasteiger partial charge in [-0.15, -0.1) is 0 Å². The summed E-state index contributed by atoms with van der Waals surface area (Å²) >= 11 is 2.25. The van der Waals surface area contributed by atoms with Gasteiger partial charge in [0, 0.05) is 0 Å². The fraction of sp³-hybridized carbons (Fsp3) is 1.00. The maximum atomic E-state index is 2.25. The van der Waals surface area contributed by atoms with Crippen LogP contribution in [0.15, 0.2) is 0 Å². The van der Waals surface area contributed by atoms with Gasteiger partial charge in [0.25, 0.3) is 0 Å². The second kappa shape index (κ2) is 5.79. The van der Waals surface area contributed by atoms with Crippen molar-refractivity contribution in [2.45, 2.75) is 101 Å². The summed E-state index contributed by atoms with van der Waals surface area (Å²) in [4.78, 5) is 0. The molecule has 23 heavy (non-hydrogen) atoms. The van der Waals surface area contributed by atoms with Gasteiger partial charge >= 0.3 is 152 Å². The molecule has 0 nitrogen and oxygen atoms in total. The van der Waals surface area contributed by atoms with Crippen molar-refractivity contribution in [1.82, 2.24) is 0 Å². The molecular formula is C22H37As. The Balaban J connectivity index is 1.55. The Hall–Kier alpha value is 0.558. The van der Waals surface area contributed by atoms with E-state index in [1.165, 1.54) is 12.8 Å². The first-order valence-electron chi connectivity index (χ1n) is 11.0. The molecule has 0 aromatic carbocycles. The van der Waals surface area contributed by atoms with Gasteiger partial charge in [-0.3, -0.25) is 0 Å². The quantitative estimate of drug-likeness (QED) is 0.537. The van der Waals surface area contributed by atoms with Crippen LogP contribution in [-0.4, -0.2) is 16.9 Å². The van der Waals surface area contributed by atoms with Crippen LogP contribution in [-0.2, 0) is 0 Å². The topological polar surface area (TPSA) is 0 Å². The van der Waals surface area contributed by atoms with Gasteiger partial charge in [-0.25, -0.2) is 0 Å². The second-order valence-corrected chi connectivity index (χ2v) is 12.3. The normalized spacial score (nSPS) is 51.3. The summed E-state index contributed by atoms with van der Waals surface area (Å²) in [6, 6.07) is 0. The number of hydrogen-bond acceptors (Lipinski definition) is 0. The Labute approximate surface area is 152 Å². The zero-order valence-electron chi connectivity index (χ0n) is 15.1. The third-order valence-electron chi connectivity index (χ3n) is 9.41. The van der Waals surface area contributed by atoms with Gasteiger partial charge < -0.3 is 0 Å². The molecule has 6 fully saturated rings. The van der Waals surface area contributed by atoms with Gasteiger partial charge in [-0.05, 0) is 0 Å². The van der Waals surface area contributed by atoms with Crippen molar-refractivity contribution >= 4 is 16.9 Å². The molecule has 6 rings (SSSR count). The summed E-state index contributed by atoms with van der Waals surface area (Å²) in [5.41, 5.74) is 0.810. The summed E-state index contributed by atoms with van der Waals surface area (Å²) < 4.78 is 0.788. The third kappa shape index (κ3) is 2.22. The van der Waals surface area contributed by atoms with Gasteiger partial charge in [-0.1, -0.05) is 0 Å². The average molecular weight is 376 g/mol. The van der Waals surface area contributed by atoms with Crippen LogP contribution in [0.4, 0.5) is 0 Å². The zero-order chi connectivity index (χ0) is 15.5. The zero-order valence-corrected chi connectivity index (χ0v) is 17.5. The number of hydrogen-bond donors (Lipinski definition) is 0. The Bertz CT molecular complexity index is 427. The summed E-state index contributed by atoms with van der Waals surface area (Å²) in [6.45, 7) is 0. The van der Waals surface area contributed by atoms with E-state index in [0.29, 0.717) is 0 Å². The Morgan fingerprint density at radius 2 is 1.09 bits per heavy atom. The molecule has 4 bridgehead atoms. The summed E-state index contributed by atoms with van der Waals surface area (Å²) in [5, 5.41) is 0. The Morgan fingerprint density at radius 1 is 0.565 bits per heavy atom. The maximum absolute atomic E-state index is 2.25. The van der Waals surface area contributed by atoms with Gasteiger partial charge in [0.05, 0.1) is 0 Å². The van der Waals surface area contributed by atoms with Crippen LogP contribution in [0, 0.1) is 35.0 Å². The van der Waals surface area contributed by atoms with Gasteiger partial charge in [0.15, 0.2) is 0 Å². The molecule has 0 N–H and O–H groups in total. The standard InChI is InChI=1S/C22H37As/c23-22(19-9-5-2-6-10-19)20-12-16-11-17(13-20)15-21(22,14-16)18-7-3-1-4-8-18/h16-20H,1-15,23H2. The van der Waals surface area contributed by atoms with Gasteiger partial charge in [0.2, 0.25) is 0 Å². The van der Waals surface area contributed by atoms with Crippen molar-refractivity contribution in [3.8, 4) is 0 Å². The van der Waals surface area contributed by atoms with Gasteiger partial charge in [0.1, 0.15) is 0 Å². The number of rotatable bonds is 2. The van der Waals surface area contributed by atoms with Crippen LogP contribution >= 0.6 is 0 Å². The van der Waals surface area contributed by atoms with E-state index >= 15 is 0 Å². The molecule has 6 aliphatic rings. The first kappa shape index (κ1) is 15.8. The van der Waals surface area contributed by atoms with Gasteiger partial charge in [-0.2, -0.15) is 0 Å². The molecule has 4 atom stereocenters. The molecule has 0 aliphatic heterocycles. The SMILES string of the molecule is [AsH2]C1(C2CCCCC2)C2CC3CC(C2)CC1(C1CCCCC1)C3. The summed E-state index contributed by atoms with van der Waals surface area (Å²) in [7, 11) is 0. The molecule has 0 spiro atoms. The second-order valence-electron chi connectivity index (χ2n) is 10.3. The van der Waals surface area contributed by atoms with Crippen molar-refractivity contribution in [1.29, 1.82) is 0 Å². The molecule has 130 valence electrons. The molecule has 1 heteroatoms. The minimum atomic E-state index is 0.788. The fourth-order valence-electron chi connectivity index (χ4n) is 8.82. The van der Waals surface area contributed by atoms with E-state index in [4.69, 9.17) is 0 Å². The van der Waals surface area contributed by atoms with Crippen molar-refractivity contribution < 1.29 is 0 Å². The Kier molecular flexibility index (Phi) is 3.97. The van der Waals surface area contributed by atoms with E-state index in [9.17, 15) is 0 Å². The third-order valence-corrected chi connectivity index (χ3v) is 12.6. The van der Waals surface area contributed by atoms with E-state index < -0.39 is 0 Å². The van der Waals surface area contributed by atoms with Crippen LogP contribution in [0.25, 0.3) is 0 Å². The molecule has 0 heterocycles. The molecule has 6 saturated carbocycles. The van der Waals surface area contributed by atoms with Crippen LogP contribution < -0.4 is 0 Å². The average Bonchev–Trinajstić information content (AvgIpc) is 2.60. The van der Waals surface area contributed by atoms with Crippen LogP contribution in [0.2, 0.25) is 4.20 Å². The Morgan fingerprint density at radius 3 is 1.65 bits per heavy atom. The molecule has 0 saturated heterocycles. The van der Waals surface area contributed by atoms with Crippen LogP contribution in [0.3, 0.4) is 0 Å².